The second-order valence-electron chi connectivity index (χ2n) is 6.53. The summed E-state index contributed by atoms with van der Waals surface area (Å²) in [7, 11) is 2.03. The Kier molecular flexibility index (Phi) is 4.32. The SMILES string of the molecule is CC1CC(=O)NN=C1c1ccc(N(C)CC(C)(C)N)cc1. The quantitative estimate of drug-likeness (QED) is 0.886. The van der Waals surface area contributed by atoms with Crippen molar-refractivity contribution >= 4 is 17.3 Å². The minimum Gasteiger partial charge on any atom is -0.373 e. The maximum atomic E-state index is 11.3. The van der Waals surface area contributed by atoms with E-state index in [0.717, 1.165) is 23.5 Å². The topological polar surface area (TPSA) is 70.7 Å². The van der Waals surface area contributed by atoms with Crippen LogP contribution in [0.2, 0.25) is 0 Å². The van der Waals surface area contributed by atoms with E-state index in [1.54, 1.807) is 0 Å². The molecule has 21 heavy (non-hydrogen) atoms. The van der Waals surface area contributed by atoms with Crippen molar-refractivity contribution in [2.45, 2.75) is 32.7 Å². The molecule has 1 aliphatic heterocycles. The van der Waals surface area contributed by atoms with Gasteiger partial charge in [0, 0.05) is 37.2 Å². The molecule has 0 fully saturated rings. The Hall–Kier alpha value is -1.88. The normalized spacial score (nSPS) is 19.0. The number of carbonyl (C=O) groups excluding carboxylic acids is 1. The Balaban J connectivity index is 2.14. The molecular weight excluding hydrogens is 264 g/mol. The molecule has 5 heteroatoms. The molecular formula is C16H24N4O. The standard InChI is InChI=1S/C16H24N4O/c1-11-9-14(21)18-19-15(11)12-5-7-13(8-6-12)20(4)10-16(2,3)17/h5-8,11H,9-10,17H2,1-4H3,(H,18,21). The van der Waals surface area contributed by atoms with Gasteiger partial charge < -0.3 is 10.6 Å². The van der Waals surface area contributed by atoms with Gasteiger partial charge in [-0.15, -0.1) is 0 Å². The number of carbonyl (C=O) groups is 1. The number of likely N-dealkylation sites (N-methyl/N-ethyl adjacent to an activating group) is 1. The van der Waals surface area contributed by atoms with Crippen LogP contribution in [0.5, 0.6) is 0 Å². The number of benzene rings is 1. The molecule has 0 radical (unpaired) electrons. The molecule has 1 unspecified atom stereocenters. The van der Waals surface area contributed by atoms with Crippen LogP contribution in [0.15, 0.2) is 29.4 Å². The molecule has 1 heterocycles. The summed E-state index contributed by atoms with van der Waals surface area (Å²) in [6, 6.07) is 8.21. The Labute approximate surface area is 126 Å². The van der Waals surface area contributed by atoms with Crippen LogP contribution in [0.4, 0.5) is 5.69 Å². The molecule has 3 N–H and O–H groups in total. The first-order valence-corrected chi connectivity index (χ1v) is 7.23. The van der Waals surface area contributed by atoms with Gasteiger partial charge in [-0.25, -0.2) is 5.43 Å². The maximum Gasteiger partial charge on any atom is 0.240 e. The highest BCUT2D eigenvalue weighted by Gasteiger charge is 2.21. The van der Waals surface area contributed by atoms with Gasteiger partial charge >= 0.3 is 0 Å². The Morgan fingerprint density at radius 1 is 1.38 bits per heavy atom. The Morgan fingerprint density at radius 3 is 2.52 bits per heavy atom. The first-order valence-electron chi connectivity index (χ1n) is 7.23. The molecule has 0 aromatic heterocycles. The highest BCUT2D eigenvalue weighted by Crippen LogP contribution is 2.20. The summed E-state index contributed by atoms with van der Waals surface area (Å²) in [6.45, 7) is 6.83. The lowest BCUT2D eigenvalue weighted by Gasteiger charge is -2.28. The first-order chi connectivity index (χ1) is 9.76. The van der Waals surface area contributed by atoms with E-state index in [0.29, 0.717) is 6.42 Å². The fraction of sp³-hybridized carbons (Fsp3) is 0.500. The number of nitrogens with two attached hydrogens (primary N) is 1. The monoisotopic (exact) mass is 288 g/mol. The number of nitrogens with one attached hydrogen (secondary N) is 1. The third kappa shape index (κ3) is 4.04. The van der Waals surface area contributed by atoms with E-state index >= 15 is 0 Å². The van der Waals surface area contributed by atoms with Gasteiger partial charge in [-0.05, 0) is 31.5 Å². The van der Waals surface area contributed by atoms with Crippen molar-refractivity contribution in [2.24, 2.45) is 16.8 Å². The van der Waals surface area contributed by atoms with Gasteiger partial charge in [-0.2, -0.15) is 5.10 Å². The number of anilines is 1. The molecule has 1 amide bonds. The summed E-state index contributed by atoms with van der Waals surface area (Å²) < 4.78 is 0. The van der Waals surface area contributed by atoms with Crippen molar-refractivity contribution in [3.8, 4) is 0 Å². The number of amides is 1. The van der Waals surface area contributed by atoms with Crippen molar-refractivity contribution < 1.29 is 4.79 Å². The van der Waals surface area contributed by atoms with Crippen LogP contribution < -0.4 is 16.1 Å². The van der Waals surface area contributed by atoms with Gasteiger partial charge in [0.2, 0.25) is 5.91 Å². The Bertz CT molecular complexity index is 542. The second-order valence-corrected chi connectivity index (χ2v) is 6.53. The summed E-state index contributed by atoms with van der Waals surface area (Å²) in [6.07, 6.45) is 0.488. The van der Waals surface area contributed by atoms with E-state index in [4.69, 9.17) is 5.73 Å². The number of nitrogens with zero attached hydrogens (tertiary/aromatic N) is 2. The molecule has 0 saturated carbocycles. The first kappa shape index (κ1) is 15.5. The summed E-state index contributed by atoms with van der Waals surface area (Å²) in [5.74, 6) is 0.123. The van der Waals surface area contributed by atoms with E-state index in [9.17, 15) is 4.79 Å². The van der Waals surface area contributed by atoms with Gasteiger partial charge in [0.05, 0.1) is 5.71 Å². The highest BCUT2D eigenvalue weighted by molar-refractivity contribution is 6.05. The Morgan fingerprint density at radius 2 is 2.00 bits per heavy atom. The van der Waals surface area contributed by atoms with E-state index in [-0.39, 0.29) is 17.4 Å². The third-order valence-corrected chi connectivity index (χ3v) is 3.51. The van der Waals surface area contributed by atoms with Crippen LogP contribution in [0.1, 0.15) is 32.8 Å². The van der Waals surface area contributed by atoms with Crippen LogP contribution in [0.3, 0.4) is 0 Å². The predicted octanol–water partition coefficient (Wildman–Crippen LogP) is 1.72. The lowest BCUT2D eigenvalue weighted by Crippen LogP contribution is -2.44. The number of hydrogen-bond donors (Lipinski definition) is 2. The molecule has 114 valence electrons. The van der Waals surface area contributed by atoms with Crippen molar-refractivity contribution in [1.82, 2.24) is 5.43 Å². The van der Waals surface area contributed by atoms with Crippen molar-refractivity contribution in [1.29, 1.82) is 0 Å². The lowest BCUT2D eigenvalue weighted by molar-refractivity contribution is -0.121. The average Bonchev–Trinajstić information content (AvgIpc) is 2.37. The van der Waals surface area contributed by atoms with Gasteiger partial charge in [0.1, 0.15) is 0 Å². The molecule has 1 aliphatic rings. The third-order valence-electron chi connectivity index (χ3n) is 3.51. The fourth-order valence-electron chi connectivity index (χ4n) is 2.59. The molecule has 0 spiro atoms. The van der Waals surface area contributed by atoms with Gasteiger partial charge in [0.25, 0.3) is 0 Å². The molecule has 1 atom stereocenters. The van der Waals surface area contributed by atoms with Gasteiger partial charge in [-0.3, -0.25) is 4.79 Å². The molecule has 1 aromatic rings. The zero-order valence-corrected chi connectivity index (χ0v) is 13.2. The van der Waals surface area contributed by atoms with E-state index in [2.05, 4.69) is 27.6 Å². The van der Waals surface area contributed by atoms with Crippen molar-refractivity contribution in [2.75, 3.05) is 18.5 Å². The minimum absolute atomic E-state index is 0.0206. The number of hydrazone groups is 1. The van der Waals surface area contributed by atoms with Crippen molar-refractivity contribution in [3.63, 3.8) is 0 Å². The van der Waals surface area contributed by atoms with Crippen LogP contribution in [-0.4, -0.2) is 30.8 Å². The van der Waals surface area contributed by atoms with Crippen LogP contribution in [0.25, 0.3) is 0 Å². The summed E-state index contributed by atoms with van der Waals surface area (Å²) in [4.78, 5) is 13.4. The van der Waals surface area contributed by atoms with Crippen LogP contribution >= 0.6 is 0 Å². The highest BCUT2D eigenvalue weighted by atomic mass is 16.2. The molecule has 2 rings (SSSR count). The molecule has 0 saturated heterocycles. The molecule has 5 nitrogen and oxygen atoms in total. The second kappa shape index (κ2) is 5.85. The fourth-order valence-corrected chi connectivity index (χ4v) is 2.59. The number of rotatable bonds is 4. The summed E-state index contributed by atoms with van der Waals surface area (Å²) in [5, 5.41) is 4.18. The average molecular weight is 288 g/mol. The number of hydrogen-bond acceptors (Lipinski definition) is 4. The molecule has 0 bridgehead atoms. The molecule has 0 aliphatic carbocycles. The smallest absolute Gasteiger partial charge is 0.240 e. The summed E-state index contributed by atoms with van der Waals surface area (Å²) in [5.41, 5.74) is 11.5. The maximum absolute atomic E-state index is 11.3. The predicted molar refractivity (Wildman–Crippen MR) is 86.4 cm³/mol. The largest absolute Gasteiger partial charge is 0.373 e. The van der Waals surface area contributed by atoms with E-state index in [1.807, 2.05) is 40.0 Å². The van der Waals surface area contributed by atoms with Crippen LogP contribution in [-0.2, 0) is 4.79 Å². The van der Waals surface area contributed by atoms with Gasteiger partial charge in [-0.1, -0.05) is 19.1 Å². The molecule has 1 aromatic carbocycles. The zero-order valence-electron chi connectivity index (χ0n) is 13.2. The van der Waals surface area contributed by atoms with E-state index < -0.39 is 0 Å². The van der Waals surface area contributed by atoms with Gasteiger partial charge in [0.15, 0.2) is 0 Å². The van der Waals surface area contributed by atoms with Crippen molar-refractivity contribution in [3.05, 3.63) is 29.8 Å². The van der Waals surface area contributed by atoms with Crippen LogP contribution in [0, 0.1) is 5.92 Å². The zero-order chi connectivity index (χ0) is 15.6. The lowest BCUT2D eigenvalue weighted by atomic mass is 9.94. The minimum atomic E-state index is -0.236. The van der Waals surface area contributed by atoms with E-state index in [1.165, 1.54) is 0 Å². The summed E-state index contributed by atoms with van der Waals surface area (Å²) >= 11 is 0.